The molecule has 5 atom stereocenters. The molecule has 134 valence electrons. The summed E-state index contributed by atoms with van der Waals surface area (Å²) in [7, 11) is 0. The Labute approximate surface area is 142 Å². The Hall–Kier alpha value is -2.07. The highest BCUT2D eigenvalue weighted by Gasteiger charge is 2.74. The average Bonchev–Trinajstić information content (AvgIpc) is 3.13. The van der Waals surface area contributed by atoms with Crippen LogP contribution in [0.15, 0.2) is 24.3 Å². The third-order valence-corrected chi connectivity index (χ3v) is 4.50. The van der Waals surface area contributed by atoms with E-state index in [4.69, 9.17) is 23.7 Å². The zero-order valence-electron chi connectivity index (χ0n) is 13.8. The van der Waals surface area contributed by atoms with Crippen LogP contribution in [-0.4, -0.2) is 46.9 Å². The molecule has 0 aromatic heterocycles. The fourth-order valence-corrected chi connectivity index (χ4v) is 3.49. The number of non-ortho nitro benzene ring substituents is 1. The van der Waals surface area contributed by atoms with E-state index < -0.39 is 40.8 Å². The number of rotatable bonds is 3. The molecule has 1 unspecified atom stereocenters. The molecule has 2 bridgehead atoms. The highest BCUT2D eigenvalue weighted by atomic mass is 16.8. The van der Waals surface area contributed by atoms with E-state index in [9.17, 15) is 14.9 Å². The van der Waals surface area contributed by atoms with Crippen molar-refractivity contribution in [2.24, 2.45) is 0 Å². The van der Waals surface area contributed by atoms with Crippen molar-refractivity contribution in [2.45, 2.75) is 56.8 Å². The molecule has 9 heteroatoms. The summed E-state index contributed by atoms with van der Waals surface area (Å²) >= 11 is 0. The van der Waals surface area contributed by atoms with Crippen molar-refractivity contribution in [3.8, 4) is 5.75 Å². The highest BCUT2D eigenvalue weighted by molar-refractivity contribution is 5.82. The van der Waals surface area contributed by atoms with Gasteiger partial charge in [-0.1, -0.05) is 0 Å². The summed E-state index contributed by atoms with van der Waals surface area (Å²) < 4.78 is 28.5. The van der Waals surface area contributed by atoms with Gasteiger partial charge in [-0.2, -0.15) is 0 Å². The summed E-state index contributed by atoms with van der Waals surface area (Å²) in [5.74, 6) is -3.19. The molecule has 9 nitrogen and oxygen atoms in total. The first kappa shape index (κ1) is 16.4. The number of nitro benzene ring substituents is 1. The van der Waals surface area contributed by atoms with Gasteiger partial charge in [0.25, 0.3) is 5.69 Å². The van der Waals surface area contributed by atoms with E-state index in [0.717, 1.165) is 0 Å². The molecular formula is C16H17NO8. The summed E-state index contributed by atoms with van der Waals surface area (Å²) in [6.07, 6.45) is -1.96. The number of carbonyl (C=O) groups excluding carboxylic acids is 1. The number of hydrogen-bond donors (Lipinski definition) is 0. The Balaban J connectivity index is 1.57. The smallest absolute Gasteiger partial charge is 0.375 e. The lowest BCUT2D eigenvalue weighted by molar-refractivity contribution is -0.384. The first-order chi connectivity index (χ1) is 11.7. The van der Waals surface area contributed by atoms with Gasteiger partial charge in [-0.15, -0.1) is 0 Å². The number of fused-ring (bicyclic) bond motifs is 5. The Bertz CT molecular complexity index is 732. The van der Waals surface area contributed by atoms with Crippen LogP contribution in [0.3, 0.4) is 0 Å². The minimum absolute atomic E-state index is 0.102. The van der Waals surface area contributed by atoms with E-state index in [1.807, 2.05) is 0 Å². The van der Waals surface area contributed by atoms with Gasteiger partial charge in [-0.3, -0.25) is 10.1 Å². The second kappa shape index (κ2) is 5.21. The topological polar surface area (TPSA) is 106 Å². The second-order valence-electron chi connectivity index (χ2n) is 6.73. The van der Waals surface area contributed by atoms with Gasteiger partial charge < -0.3 is 23.7 Å². The van der Waals surface area contributed by atoms with Crippen LogP contribution < -0.4 is 4.74 Å². The van der Waals surface area contributed by atoms with Crippen molar-refractivity contribution in [2.75, 3.05) is 0 Å². The number of nitro groups is 1. The normalized spacial score (nSPS) is 37.7. The van der Waals surface area contributed by atoms with Crippen molar-refractivity contribution >= 4 is 11.7 Å². The van der Waals surface area contributed by atoms with Crippen molar-refractivity contribution in [3.63, 3.8) is 0 Å². The third-order valence-electron chi connectivity index (χ3n) is 4.50. The first-order valence-corrected chi connectivity index (χ1v) is 7.90. The summed E-state index contributed by atoms with van der Waals surface area (Å²) in [5, 5.41) is 10.7. The Kier molecular flexibility index (Phi) is 3.42. The third kappa shape index (κ3) is 2.43. The van der Waals surface area contributed by atoms with Crippen molar-refractivity contribution < 1.29 is 33.4 Å². The molecule has 1 aromatic rings. The Morgan fingerprint density at radius 3 is 2.44 bits per heavy atom. The van der Waals surface area contributed by atoms with Crippen LogP contribution in [0.2, 0.25) is 0 Å². The van der Waals surface area contributed by atoms with E-state index in [1.165, 1.54) is 24.3 Å². The molecule has 3 fully saturated rings. The van der Waals surface area contributed by atoms with Crippen LogP contribution in [0.1, 0.15) is 20.8 Å². The maximum atomic E-state index is 12.8. The fraction of sp³-hybridized carbons (Fsp3) is 0.562. The molecule has 0 saturated carbocycles. The molecule has 1 aromatic carbocycles. The Morgan fingerprint density at radius 1 is 1.12 bits per heavy atom. The van der Waals surface area contributed by atoms with Gasteiger partial charge in [-0.25, -0.2) is 4.79 Å². The number of nitrogens with zero attached hydrogens (tertiary/aromatic N) is 1. The van der Waals surface area contributed by atoms with Gasteiger partial charge >= 0.3 is 11.8 Å². The van der Waals surface area contributed by atoms with Gasteiger partial charge in [0, 0.05) is 12.1 Å². The molecule has 3 heterocycles. The van der Waals surface area contributed by atoms with E-state index in [0.29, 0.717) is 0 Å². The highest BCUT2D eigenvalue weighted by Crippen LogP contribution is 2.51. The van der Waals surface area contributed by atoms with Crippen LogP contribution in [0, 0.1) is 10.1 Å². The van der Waals surface area contributed by atoms with Crippen LogP contribution >= 0.6 is 0 Å². The van der Waals surface area contributed by atoms with Crippen LogP contribution in [0.25, 0.3) is 0 Å². The minimum Gasteiger partial charge on any atom is -0.422 e. The summed E-state index contributed by atoms with van der Waals surface area (Å²) in [6, 6.07) is 5.17. The van der Waals surface area contributed by atoms with Gasteiger partial charge in [-0.05, 0) is 32.9 Å². The predicted molar refractivity (Wildman–Crippen MR) is 80.7 cm³/mol. The van der Waals surface area contributed by atoms with Crippen molar-refractivity contribution in [3.05, 3.63) is 34.4 Å². The number of ether oxygens (including phenoxy) is 5. The number of hydrogen-bond acceptors (Lipinski definition) is 8. The van der Waals surface area contributed by atoms with Crippen LogP contribution in [-0.2, 0) is 23.7 Å². The molecular weight excluding hydrogens is 334 g/mol. The van der Waals surface area contributed by atoms with Gasteiger partial charge in [0.2, 0.25) is 0 Å². The minimum atomic E-state index is -1.70. The lowest BCUT2D eigenvalue weighted by atomic mass is 9.98. The predicted octanol–water partition coefficient (Wildman–Crippen LogP) is 1.53. The Morgan fingerprint density at radius 2 is 1.80 bits per heavy atom. The monoisotopic (exact) mass is 351 g/mol. The maximum absolute atomic E-state index is 12.8. The zero-order valence-corrected chi connectivity index (χ0v) is 13.8. The van der Waals surface area contributed by atoms with E-state index in [1.54, 1.807) is 20.8 Å². The fourth-order valence-electron chi connectivity index (χ4n) is 3.49. The molecule has 25 heavy (non-hydrogen) atoms. The summed E-state index contributed by atoms with van der Waals surface area (Å²) in [4.78, 5) is 22.9. The van der Waals surface area contributed by atoms with Crippen LogP contribution in [0.5, 0.6) is 5.75 Å². The zero-order chi connectivity index (χ0) is 18.0. The molecule has 0 N–H and O–H groups in total. The standard InChI is InChI=1S/C16H17NO8/c1-8-11-12-13(25-15(2,3)23-12)16(22-8,24-11)14(18)21-10-6-4-9(5-7-10)17(19)20/h4-8,11-13H,1-3H3/t8-,11+,12-,13-,16?/m1/s1. The van der Waals surface area contributed by atoms with Crippen molar-refractivity contribution in [1.82, 2.24) is 0 Å². The lowest BCUT2D eigenvalue weighted by Crippen LogP contribution is -2.56. The number of esters is 1. The van der Waals surface area contributed by atoms with Gasteiger partial charge in [0.15, 0.2) is 11.9 Å². The second-order valence-corrected chi connectivity index (χ2v) is 6.73. The lowest BCUT2D eigenvalue weighted by Gasteiger charge is -2.30. The van der Waals surface area contributed by atoms with Crippen LogP contribution in [0.4, 0.5) is 5.69 Å². The van der Waals surface area contributed by atoms with Crippen molar-refractivity contribution in [1.29, 1.82) is 0 Å². The van der Waals surface area contributed by atoms with Gasteiger partial charge in [0.1, 0.15) is 18.0 Å². The molecule has 0 amide bonds. The number of benzene rings is 1. The maximum Gasteiger partial charge on any atom is 0.375 e. The quantitative estimate of drug-likeness (QED) is 0.349. The summed E-state index contributed by atoms with van der Waals surface area (Å²) in [6.45, 7) is 5.30. The average molecular weight is 351 g/mol. The molecule has 0 aliphatic carbocycles. The molecule has 3 aliphatic heterocycles. The number of carbonyl (C=O) groups is 1. The molecule has 3 aliphatic rings. The van der Waals surface area contributed by atoms with E-state index in [2.05, 4.69) is 0 Å². The largest absolute Gasteiger partial charge is 0.422 e. The molecule has 0 radical (unpaired) electrons. The van der Waals surface area contributed by atoms with Gasteiger partial charge in [0.05, 0.1) is 11.0 Å². The summed E-state index contributed by atoms with van der Waals surface area (Å²) in [5.41, 5.74) is -0.102. The molecule has 0 spiro atoms. The first-order valence-electron chi connectivity index (χ1n) is 7.90. The van der Waals surface area contributed by atoms with E-state index >= 15 is 0 Å². The SMILES string of the molecule is C[C@H]1OC2(C(=O)Oc3ccc([N+](=O)[O-])cc3)O[C@@H]1[C@H]1OC(C)(C)O[C@H]12. The van der Waals surface area contributed by atoms with E-state index in [-0.39, 0.29) is 17.5 Å². The molecule has 4 rings (SSSR count). The molecule has 3 saturated heterocycles.